The van der Waals surface area contributed by atoms with E-state index in [1.165, 1.54) is 4.31 Å². The Balaban J connectivity index is 1.44. The number of thioether (sulfide) groups is 1. The fourth-order valence-corrected chi connectivity index (χ4v) is 7.10. The van der Waals surface area contributed by atoms with Crippen LogP contribution in [0.25, 0.3) is 0 Å². The van der Waals surface area contributed by atoms with Gasteiger partial charge in [-0.05, 0) is 55.2 Å². The van der Waals surface area contributed by atoms with Crippen LogP contribution >= 0.6 is 23.4 Å². The van der Waals surface area contributed by atoms with Crippen LogP contribution in [-0.4, -0.2) is 55.5 Å². The van der Waals surface area contributed by atoms with E-state index in [4.69, 9.17) is 11.6 Å². The average Bonchev–Trinajstić information content (AvgIpc) is 3.20. The normalized spacial score (nSPS) is 20.8. The maximum absolute atomic E-state index is 13.0. The van der Waals surface area contributed by atoms with Crippen LogP contribution in [-0.2, 0) is 10.0 Å². The van der Waals surface area contributed by atoms with Crippen molar-refractivity contribution in [2.75, 3.05) is 31.9 Å². The van der Waals surface area contributed by atoms with Crippen molar-refractivity contribution in [2.45, 2.75) is 29.4 Å². The summed E-state index contributed by atoms with van der Waals surface area (Å²) in [6.07, 6.45) is 2.64. The lowest BCUT2D eigenvalue weighted by Crippen LogP contribution is -2.33. The quantitative estimate of drug-likeness (QED) is 0.671. The lowest BCUT2D eigenvalue weighted by atomic mass is 10.1. The Kier molecular flexibility index (Phi) is 6.72. The third kappa shape index (κ3) is 4.54. The summed E-state index contributed by atoms with van der Waals surface area (Å²) >= 11 is 8.18. The molecule has 2 heterocycles. The molecule has 1 unspecified atom stereocenters. The van der Waals surface area contributed by atoms with Crippen molar-refractivity contribution in [3.63, 3.8) is 0 Å². The summed E-state index contributed by atoms with van der Waals surface area (Å²) in [5.74, 6) is 0.781. The van der Waals surface area contributed by atoms with Gasteiger partial charge >= 0.3 is 0 Å². The zero-order chi connectivity index (χ0) is 21.1. The molecule has 2 fully saturated rings. The third-order valence-electron chi connectivity index (χ3n) is 5.68. The molecule has 2 aliphatic heterocycles. The smallest absolute Gasteiger partial charge is 0.253 e. The van der Waals surface area contributed by atoms with Crippen LogP contribution in [0.5, 0.6) is 0 Å². The average molecular weight is 465 g/mol. The Morgan fingerprint density at radius 2 is 1.67 bits per heavy atom. The van der Waals surface area contributed by atoms with Crippen LogP contribution in [0.3, 0.4) is 0 Å². The molecule has 8 heteroatoms. The Bertz CT molecular complexity index is 1010. The number of rotatable bonds is 4. The zero-order valence-electron chi connectivity index (χ0n) is 16.7. The van der Waals surface area contributed by atoms with E-state index in [0.717, 1.165) is 35.6 Å². The van der Waals surface area contributed by atoms with Gasteiger partial charge < -0.3 is 4.90 Å². The molecule has 0 N–H and O–H groups in total. The van der Waals surface area contributed by atoms with Crippen LogP contribution < -0.4 is 0 Å². The molecule has 2 aromatic carbocycles. The lowest BCUT2D eigenvalue weighted by Gasteiger charge is -2.21. The first kappa shape index (κ1) is 21.7. The maximum Gasteiger partial charge on any atom is 0.253 e. The number of hydrogen-bond acceptors (Lipinski definition) is 4. The predicted molar refractivity (Wildman–Crippen MR) is 122 cm³/mol. The minimum absolute atomic E-state index is 0.0551. The Morgan fingerprint density at radius 3 is 2.37 bits per heavy atom. The number of halogens is 1. The van der Waals surface area contributed by atoms with Crippen LogP contribution in [0.2, 0.25) is 5.02 Å². The molecule has 5 nitrogen and oxygen atoms in total. The van der Waals surface area contributed by atoms with E-state index in [1.54, 1.807) is 24.3 Å². The van der Waals surface area contributed by atoms with Gasteiger partial charge in [0.25, 0.3) is 5.91 Å². The number of amides is 1. The fraction of sp³-hybridized carbons (Fsp3) is 0.409. The highest BCUT2D eigenvalue weighted by Gasteiger charge is 2.28. The largest absolute Gasteiger partial charge is 0.338 e. The summed E-state index contributed by atoms with van der Waals surface area (Å²) in [6.45, 7) is 2.45. The van der Waals surface area contributed by atoms with E-state index >= 15 is 0 Å². The molecule has 0 saturated carbocycles. The van der Waals surface area contributed by atoms with Crippen molar-refractivity contribution >= 4 is 39.3 Å². The molecule has 2 aliphatic rings. The van der Waals surface area contributed by atoms with Gasteiger partial charge in [0.2, 0.25) is 10.0 Å². The van der Waals surface area contributed by atoms with Crippen LogP contribution in [0.15, 0.2) is 53.4 Å². The molecule has 0 spiro atoms. The van der Waals surface area contributed by atoms with Gasteiger partial charge in [-0.3, -0.25) is 4.79 Å². The highest BCUT2D eigenvalue weighted by atomic mass is 35.5. The molecule has 2 aromatic rings. The molecular formula is C22H25ClN2O3S2. The highest BCUT2D eigenvalue weighted by molar-refractivity contribution is 7.99. The summed E-state index contributed by atoms with van der Waals surface area (Å²) in [5.41, 5.74) is 1.64. The third-order valence-corrected chi connectivity index (χ3v) is 9.25. The molecule has 4 rings (SSSR count). The SMILES string of the molecule is O=C(c1ccc(S(=O)(=O)N2CCCC2)cc1)N1CCSC(c2ccccc2Cl)CC1. The van der Waals surface area contributed by atoms with Crippen molar-refractivity contribution in [2.24, 2.45) is 0 Å². The number of hydrogen-bond donors (Lipinski definition) is 0. The van der Waals surface area contributed by atoms with Crippen molar-refractivity contribution < 1.29 is 13.2 Å². The number of benzene rings is 2. The molecule has 2 saturated heterocycles. The summed E-state index contributed by atoms with van der Waals surface area (Å²) in [5, 5.41) is 1.04. The molecule has 0 aliphatic carbocycles. The van der Waals surface area contributed by atoms with Gasteiger partial charge in [0.05, 0.1) is 4.90 Å². The standard InChI is InChI=1S/C22H25ClN2O3S2/c23-20-6-2-1-5-19(20)21-11-14-24(15-16-29-21)22(26)17-7-9-18(10-8-17)30(27,28)25-12-3-4-13-25/h1-2,5-10,21H,3-4,11-16H2. The second kappa shape index (κ2) is 9.30. The molecule has 0 bridgehead atoms. The zero-order valence-corrected chi connectivity index (χ0v) is 19.1. The predicted octanol–water partition coefficient (Wildman–Crippen LogP) is 4.44. The Morgan fingerprint density at radius 1 is 0.967 bits per heavy atom. The van der Waals surface area contributed by atoms with E-state index < -0.39 is 10.0 Å². The second-order valence-electron chi connectivity index (χ2n) is 7.60. The van der Waals surface area contributed by atoms with Crippen LogP contribution in [0, 0.1) is 0 Å². The first-order valence-electron chi connectivity index (χ1n) is 10.2. The second-order valence-corrected chi connectivity index (χ2v) is 11.3. The molecule has 1 amide bonds. The van der Waals surface area contributed by atoms with Crippen molar-refractivity contribution in [3.05, 3.63) is 64.7 Å². The molecule has 1 atom stereocenters. The molecular weight excluding hydrogens is 440 g/mol. The molecule has 30 heavy (non-hydrogen) atoms. The van der Waals surface area contributed by atoms with E-state index in [2.05, 4.69) is 6.07 Å². The van der Waals surface area contributed by atoms with Gasteiger partial charge in [0.1, 0.15) is 0 Å². The summed E-state index contributed by atoms with van der Waals surface area (Å²) in [7, 11) is -3.46. The minimum Gasteiger partial charge on any atom is -0.338 e. The van der Waals surface area contributed by atoms with Crippen molar-refractivity contribution in [1.29, 1.82) is 0 Å². The van der Waals surface area contributed by atoms with Gasteiger partial charge in [0.15, 0.2) is 0 Å². The number of nitrogens with zero attached hydrogens (tertiary/aromatic N) is 2. The van der Waals surface area contributed by atoms with Gasteiger partial charge in [-0.1, -0.05) is 29.8 Å². The minimum atomic E-state index is -3.46. The Hall–Kier alpha value is -1.54. The van der Waals surface area contributed by atoms with Crippen molar-refractivity contribution in [3.8, 4) is 0 Å². The highest BCUT2D eigenvalue weighted by Crippen LogP contribution is 2.38. The number of carbonyl (C=O) groups is 1. The monoisotopic (exact) mass is 464 g/mol. The molecule has 0 radical (unpaired) electrons. The van der Waals surface area contributed by atoms with Gasteiger partial charge in [0, 0.05) is 47.8 Å². The number of sulfonamides is 1. The molecule has 0 aromatic heterocycles. The Labute approximate surface area is 187 Å². The van der Waals surface area contributed by atoms with E-state index in [-0.39, 0.29) is 16.1 Å². The molecule has 160 valence electrons. The summed E-state index contributed by atoms with van der Waals surface area (Å²) in [6, 6.07) is 14.3. The van der Waals surface area contributed by atoms with Crippen LogP contribution in [0.4, 0.5) is 0 Å². The van der Waals surface area contributed by atoms with Crippen LogP contribution in [0.1, 0.15) is 40.4 Å². The van der Waals surface area contributed by atoms with Gasteiger partial charge in [-0.25, -0.2) is 8.42 Å². The topological polar surface area (TPSA) is 57.7 Å². The van der Waals surface area contributed by atoms with Gasteiger partial charge in [-0.15, -0.1) is 0 Å². The van der Waals surface area contributed by atoms with Crippen molar-refractivity contribution in [1.82, 2.24) is 9.21 Å². The maximum atomic E-state index is 13.0. The first-order chi connectivity index (χ1) is 14.5. The van der Waals surface area contributed by atoms with E-state index in [0.29, 0.717) is 31.7 Å². The van der Waals surface area contributed by atoms with Gasteiger partial charge in [-0.2, -0.15) is 16.1 Å². The lowest BCUT2D eigenvalue weighted by molar-refractivity contribution is 0.0766. The fourth-order valence-electron chi connectivity index (χ4n) is 3.99. The summed E-state index contributed by atoms with van der Waals surface area (Å²) < 4.78 is 26.9. The van der Waals surface area contributed by atoms with E-state index in [9.17, 15) is 13.2 Å². The first-order valence-corrected chi connectivity index (χ1v) is 13.1. The van der Waals surface area contributed by atoms with E-state index in [1.807, 2.05) is 34.9 Å². The number of carbonyl (C=O) groups excluding carboxylic acids is 1. The summed E-state index contributed by atoms with van der Waals surface area (Å²) in [4.78, 5) is 15.1.